The lowest BCUT2D eigenvalue weighted by Gasteiger charge is -2.08. The highest BCUT2D eigenvalue weighted by molar-refractivity contribution is 6.33. The molecule has 0 amide bonds. The van der Waals surface area contributed by atoms with Crippen molar-refractivity contribution in [2.24, 2.45) is 5.73 Å². The maximum atomic E-state index is 6.39. The molecule has 0 radical (unpaired) electrons. The molecule has 3 rings (SSSR count). The van der Waals surface area contributed by atoms with Crippen molar-refractivity contribution in [1.29, 1.82) is 0 Å². The molecule has 0 aliphatic rings. The van der Waals surface area contributed by atoms with E-state index in [1.807, 2.05) is 6.07 Å². The third-order valence-electron chi connectivity index (χ3n) is 4.27. The van der Waals surface area contributed by atoms with Crippen molar-refractivity contribution in [3.63, 3.8) is 0 Å². The van der Waals surface area contributed by atoms with Crippen molar-refractivity contribution in [1.82, 2.24) is 9.97 Å². The van der Waals surface area contributed by atoms with Crippen LogP contribution >= 0.6 is 11.6 Å². The summed E-state index contributed by atoms with van der Waals surface area (Å²) in [6, 6.07) is 6.41. The Morgan fingerprint density at radius 3 is 2.78 bits per heavy atom. The van der Waals surface area contributed by atoms with Crippen LogP contribution in [0.15, 0.2) is 30.6 Å². The van der Waals surface area contributed by atoms with E-state index < -0.39 is 0 Å². The number of aromatic amines is 1. The highest BCUT2D eigenvalue weighted by Crippen LogP contribution is 2.36. The molecule has 120 valence electrons. The summed E-state index contributed by atoms with van der Waals surface area (Å²) in [4.78, 5) is 7.69. The molecule has 2 heterocycles. The van der Waals surface area contributed by atoms with Crippen LogP contribution in [0.5, 0.6) is 0 Å². The third-order valence-corrected chi connectivity index (χ3v) is 4.57. The quantitative estimate of drug-likeness (QED) is 0.662. The molecule has 0 saturated heterocycles. The maximum Gasteiger partial charge on any atom is 0.0682 e. The molecule has 0 atom stereocenters. The van der Waals surface area contributed by atoms with Gasteiger partial charge in [-0.3, -0.25) is 4.98 Å². The Balaban J connectivity index is 2.21. The molecule has 1 aromatic carbocycles. The van der Waals surface area contributed by atoms with Crippen LogP contribution in [-0.4, -0.2) is 16.5 Å². The van der Waals surface area contributed by atoms with Gasteiger partial charge in [-0.25, -0.2) is 0 Å². The van der Waals surface area contributed by atoms with Gasteiger partial charge in [-0.15, -0.1) is 0 Å². The van der Waals surface area contributed by atoms with Crippen LogP contribution in [0.2, 0.25) is 5.02 Å². The molecule has 3 aromatic rings. The molecule has 0 saturated carbocycles. The fraction of sp³-hybridized carbons (Fsp3) is 0.316. The molecule has 0 spiro atoms. The average Bonchev–Trinajstić information content (AvgIpc) is 2.86. The van der Waals surface area contributed by atoms with E-state index in [2.05, 4.69) is 35.9 Å². The van der Waals surface area contributed by atoms with E-state index in [1.165, 1.54) is 27.6 Å². The standard InChI is InChI=1S/C19H22ClN3/c1-12-9-13(2)18-15(5-3-4-7-21)19(23-17(18)10-12)14-6-8-22-11-16(14)20/h6,8-11,23H,3-5,7,21H2,1-2H3. The number of hydrogen-bond donors (Lipinski definition) is 2. The van der Waals surface area contributed by atoms with Gasteiger partial charge in [-0.2, -0.15) is 0 Å². The van der Waals surface area contributed by atoms with Crippen LogP contribution in [0.25, 0.3) is 22.2 Å². The van der Waals surface area contributed by atoms with E-state index in [0.717, 1.165) is 37.1 Å². The van der Waals surface area contributed by atoms with Crippen molar-refractivity contribution < 1.29 is 0 Å². The number of nitrogens with zero attached hydrogens (tertiary/aromatic N) is 1. The second-order valence-corrected chi connectivity index (χ2v) is 6.49. The number of rotatable bonds is 5. The van der Waals surface area contributed by atoms with Crippen molar-refractivity contribution in [2.45, 2.75) is 33.1 Å². The minimum Gasteiger partial charge on any atom is -0.354 e. The Kier molecular flexibility index (Phi) is 4.69. The molecule has 0 fully saturated rings. The fourth-order valence-corrected chi connectivity index (χ4v) is 3.52. The van der Waals surface area contributed by atoms with E-state index in [9.17, 15) is 0 Å². The largest absolute Gasteiger partial charge is 0.354 e. The zero-order chi connectivity index (χ0) is 16.4. The highest BCUT2D eigenvalue weighted by atomic mass is 35.5. The number of halogens is 1. The summed E-state index contributed by atoms with van der Waals surface area (Å²) in [6.45, 7) is 5.03. The van der Waals surface area contributed by atoms with E-state index in [1.54, 1.807) is 12.4 Å². The van der Waals surface area contributed by atoms with Crippen molar-refractivity contribution >= 4 is 22.5 Å². The predicted molar refractivity (Wildman–Crippen MR) is 98.0 cm³/mol. The minimum absolute atomic E-state index is 0.675. The summed E-state index contributed by atoms with van der Waals surface area (Å²) < 4.78 is 0. The Labute approximate surface area is 141 Å². The first-order valence-electron chi connectivity index (χ1n) is 8.03. The first kappa shape index (κ1) is 16.0. The van der Waals surface area contributed by atoms with E-state index in [0.29, 0.717) is 5.02 Å². The Morgan fingerprint density at radius 1 is 1.22 bits per heavy atom. The number of H-pyrrole nitrogens is 1. The molecule has 3 nitrogen and oxygen atoms in total. The molecule has 0 bridgehead atoms. The molecule has 0 aliphatic heterocycles. The van der Waals surface area contributed by atoms with Crippen molar-refractivity contribution in [2.75, 3.05) is 6.54 Å². The zero-order valence-corrected chi connectivity index (χ0v) is 14.4. The fourth-order valence-electron chi connectivity index (χ4n) is 3.31. The number of benzene rings is 1. The van der Waals surface area contributed by atoms with Crippen LogP contribution in [0, 0.1) is 13.8 Å². The second kappa shape index (κ2) is 6.73. The zero-order valence-electron chi connectivity index (χ0n) is 13.6. The normalized spacial score (nSPS) is 11.3. The maximum absolute atomic E-state index is 6.39. The number of nitrogens with two attached hydrogens (primary N) is 1. The Morgan fingerprint density at radius 2 is 2.04 bits per heavy atom. The lowest BCUT2D eigenvalue weighted by atomic mass is 9.97. The molecule has 3 N–H and O–H groups in total. The van der Waals surface area contributed by atoms with E-state index in [-0.39, 0.29) is 0 Å². The number of fused-ring (bicyclic) bond motifs is 1. The summed E-state index contributed by atoms with van der Waals surface area (Å²) in [5.74, 6) is 0. The Hall–Kier alpha value is -1.84. The first-order valence-corrected chi connectivity index (χ1v) is 8.41. The van der Waals surface area contributed by atoms with E-state index >= 15 is 0 Å². The third kappa shape index (κ3) is 3.12. The van der Waals surface area contributed by atoms with Gasteiger partial charge >= 0.3 is 0 Å². The van der Waals surface area contributed by atoms with Gasteiger partial charge in [0.15, 0.2) is 0 Å². The lowest BCUT2D eigenvalue weighted by molar-refractivity contribution is 0.748. The summed E-state index contributed by atoms with van der Waals surface area (Å²) in [5, 5.41) is 1.99. The van der Waals surface area contributed by atoms with Crippen LogP contribution in [0.1, 0.15) is 29.5 Å². The molecule has 0 aliphatic carbocycles. The van der Waals surface area contributed by atoms with Crippen molar-refractivity contribution in [3.8, 4) is 11.3 Å². The van der Waals surface area contributed by atoms with Gasteiger partial charge in [0.1, 0.15) is 0 Å². The molecule has 4 heteroatoms. The summed E-state index contributed by atoms with van der Waals surface area (Å²) in [6.07, 6.45) is 6.58. The van der Waals surface area contributed by atoms with Gasteiger partial charge in [-0.1, -0.05) is 17.7 Å². The first-order chi connectivity index (χ1) is 11.1. The predicted octanol–water partition coefficient (Wildman–Crippen LogP) is 4.78. The van der Waals surface area contributed by atoms with Gasteiger partial charge in [0.2, 0.25) is 0 Å². The van der Waals surface area contributed by atoms with Crippen LogP contribution in [0.4, 0.5) is 0 Å². The highest BCUT2D eigenvalue weighted by Gasteiger charge is 2.16. The van der Waals surface area contributed by atoms with Gasteiger partial charge in [-0.05, 0) is 68.5 Å². The van der Waals surface area contributed by atoms with Crippen LogP contribution in [-0.2, 0) is 6.42 Å². The molecule has 0 unspecified atom stereocenters. The van der Waals surface area contributed by atoms with Gasteiger partial charge < -0.3 is 10.7 Å². The SMILES string of the molecule is Cc1cc(C)c2c(CCCCN)c(-c3ccncc3Cl)[nH]c2c1. The lowest BCUT2D eigenvalue weighted by Crippen LogP contribution is -1.99. The van der Waals surface area contributed by atoms with E-state index in [4.69, 9.17) is 17.3 Å². The number of aryl methyl sites for hydroxylation is 3. The number of hydrogen-bond acceptors (Lipinski definition) is 2. The summed E-state index contributed by atoms with van der Waals surface area (Å²) in [7, 11) is 0. The second-order valence-electron chi connectivity index (χ2n) is 6.08. The van der Waals surface area contributed by atoms with Gasteiger partial charge in [0, 0.05) is 28.9 Å². The number of pyridine rings is 1. The van der Waals surface area contributed by atoms with Crippen LogP contribution in [0.3, 0.4) is 0 Å². The topological polar surface area (TPSA) is 54.7 Å². The van der Waals surface area contributed by atoms with Gasteiger partial charge in [0.25, 0.3) is 0 Å². The minimum atomic E-state index is 0.675. The number of unbranched alkanes of at least 4 members (excludes halogenated alkanes) is 1. The smallest absolute Gasteiger partial charge is 0.0682 e. The molecule has 2 aromatic heterocycles. The van der Waals surface area contributed by atoms with Crippen LogP contribution < -0.4 is 5.73 Å². The monoisotopic (exact) mass is 327 g/mol. The number of nitrogens with one attached hydrogen (secondary N) is 1. The number of aromatic nitrogens is 2. The summed E-state index contributed by atoms with van der Waals surface area (Å²) >= 11 is 6.39. The summed E-state index contributed by atoms with van der Waals surface area (Å²) in [5.41, 5.74) is 12.9. The van der Waals surface area contributed by atoms with Gasteiger partial charge in [0.05, 0.1) is 10.7 Å². The Bertz CT molecular complexity index is 836. The molecular weight excluding hydrogens is 306 g/mol. The molecular formula is C19H22ClN3. The van der Waals surface area contributed by atoms with Crippen molar-refractivity contribution in [3.05, 3.63) is 52.3 Å². The molecule has 23 heavy (non-hydrogen) atoms. The average molecular weight is 328 g/mol.